The van der Waals surface area contributed by atoms with Crippen molar-refractivity contribution in [3.63, 3.8) is 0 Å². The number of carboxylic acids is 2. The zero-order valence-electron chi connectivity index (χ0n) is 9.17. The Morgan fingerprint density at radius 3 is 2.31 bits per heavy atom. The zero-order chi connectivity index (χ0) is 12.3. The summed E-state index contributed by atoms with van der Waals surface area (Å²) in [6.07, 6.45) is 3.08. The summed E-state index contributed by atoms with van der Waals surface area (Å²) in [5.41, 5.74) is -1.16. The number of aromatic nitrogens is 2. The van der Waals surface area contributed by atoms with E-state index in [4.69, 9.17) is 10.2 Å². The van der Waals surface area contributed by atoms with Gasteiger partial charge in [-0.25, -0.2) is 0 Å². The fourth-order valence-corrected chi connectivity index (χ4v) is 1.58. The number of carboxylic acid groups (broad SMARTS) is 2. The van der Waals surface area contributed by atoms with Gasteiger partial charge in [0.05, 0.1) is 6.20 Å². The number of hydrogen-bond acceptors (Lipinski definition) is 3. The summed E-state index contributed by atoms with van der Waals surface area (Å²) in [6.45, 7) is 1.55. The fraction of sp³-hybridized carbons (Fsp3) is 0.500. The second-order valence-electron chi connectivity index (χ2n) is 3.74. The number of aliphatic carboxylic acids is 2. The molecule has 0 aliphatic carbocycles. The van der Waals surface area contributed by atoms with E-state index in [0.29, 0.717) is 5.56 Å². The normalized spacial score (nSPS) is 11.4. The Morgan fingerprint density at radius 1 is 1.44 bits per heavy atom. The van der Waals surface area contributed by atoms with Crippen LogP contribution < -0.4 is 0 Å². The molecule has 0 aromatic carbocycles. The van der Waals surface area contributed by atoms with Crippen LogP contribution in [0.2, 0.25) is 0 Å². The van der Waals surface area contributed by atoms with Crippen molar-refractivity contribution in [3.8, 4) is 0 Å². The second kappa shape index (κ2) is 4.34. The van der Waals surface area contributed by atoms with Crippen LogP contribution in [0.5, 0.6) is 0 Å². The average Bonchev–Trinajstić information content (AvgIpc) is 2.59. The maximum Gasteiger partial charge on any atom is 0.321 e. The third kappa shape index (κ3) is 2.05. The predicted octanol–water partition coefficient (Wildman–Crippen LogP) is 0.528. The highest BCUT2D eigenvalue weighted by atomic mass is 16.4. The van der Waals surface area contributed by atoms with Crippen molar-refractivity contribution in [2.45, 2.75) is 19.8 Å². The van der Waals surface area contributed by atoms with E-state index in [1.165, 1.54) is 10.9 Å². The number of nitrogens with zero attached hydrogens (tertiary/aromatic N) is 2. The van der Waals surface area contributed by atoms with Gasteiger partial charge < -0.3 is 10.2 Å². The molecule has 1 heterocycles. The molecule has 0 fully saturated rings. The summed E-state index contributed by atoms with van der Waals surface area (Å²) < 4.78 is 1.51. The molecule has 0 spiro atoms. The van der Waals surface area contributed by atoms with Gasteiger partial charge in [-0.3, -0.25) is 14.3 Å². The smallest absolute Gasteiger partial charge is 0.321 e. The minimum atomic E-state index is -1.76. The van der Waals surface area contributed by atoms with Gasteiger partial charge >= 0.3 is 11.9 Å². The molecule has 2 N–H and O–H groups in total. The first kappa shape index (κ1) is 12.2. The summed E-state index contributed by atoms with van der Waals surface area (Å²) >= 11 is 0. The SMILES string of the molecule is CCC(Cc1cnn(C)c1)(C(=O)O)C(=O)O. The van der Waals surface area contributed by atoms with Crippen molar-refractivity contribution in [3.05, 3.63) is 18.0 Å². The van der Waals surface area contributed by atoms with Gasteiger partial charge in [0.2, 0.25) is 0 Å². The molecule has 1 aromatic rings. The van der Waals surface area contributed by atoms with Crippen molar-refractivity contribution in [2.75, 3.05) is 0 Å². The van der Waals surface area contributed by atoms with Gasteiger partial charge in [-0.15, -0.1) is 0 Å². The van der Waals surface area contributed by atoms with E-state index in [-0.39, 0.29) is 12.8 Å². The average molecular weight is 226 g/mol. The highest BCUT2D eigenvalue weighted by Gasteiger charge is 2.45. The molecule has 16 heavy (non-hydrogen) atoms. The lowest BCUT2D eigenvalue weighted by atomic mass is 9.80. The summed E-state index contributed by atoms with van der Waals surface area (Å²) in [5, 5.41) is 22.0. The molecular weight excluding hydrogens is 212 g/mol. The van der Waals surface area contributed by atoms with Gasteiger partial charge in [0.25, 0.3) is 0 Å². The Kier molecular flexibility index (Phi) is 3.31. The van der Waals surface area contributed by atoms with E-state index in [2.05, 4.69) is 5.10 Å². The van der Waals surface area contributed by atoms with Gasteiger partial charge in [-0.1, -0.05) is 6.92 Å². The van der Waals surface area contributed by atoms with Gasteiger partial charge in [-0.05, 0) is 12.0 Å². The lowest BCUT2D eigenvalue weighted by Crippen LogP contribution is -2.40. The molecule has 0 saturated carbocycles. The fourth-order valence-electron chi connectivity index (χ4n) is 1.58. The molecule has 1 aromatic heterocycles. The van der Waals surface area contributed by atoms with Crippen LogP contribution in [0.25, 0.3) is 0 Å². The van der Waals surface area contributed by atoms with Crippen LogP contribution >= 0.6 is 0 Å². The highest BCUT2D eigenvalue weighted by Crippen LogP contribution is 2.27. The monoisotopic (exact) mass is 226 g/mol. The lowest BCUT2D eigenvalue weighted by molar-refractivity contribution is -0.164. The van der Waals surface area contributed by atoms with E-state index < -0.39 is 17.4 Å². The Bertz CT molecular complexity index is 397. The van der Waals surface area contributed by atoms with Crippen molar-refractivity contribution in [1.29, 1.82) is 0 Å². The molecule has 0 atom stereocenters. The Morgan fingerprint density at radius 2 is 2.00 bits per heavy atom. The number of aryl methyl sites for hydroxylation is 1. The first-order valence-electron chi connectivity index (χ1n) is 4.86. The van der Waals surface area contributed by atoms with Crippen molar-refractivity contribution in [2.24, 2.45) is 12.5 Å². The number of rotatable bonds is 5. The van der Waals surface area contributed by atoms with Crippen LogP contribution in [0.3, 0.4) is 0 Å². The molecule has 6 nitrogen and oxygen atoms in total. The van der Waals surface area contributed by atoms with Gasteiger partial charge in [0.15, 0.2) is 5.41 Å². The Balaban J connectivity index is 3.03. The summed E-state index contributed by atoms with van der Waals surface area (Å²) in [5.74, 6) is -2.63. The molecule has 0 aliphatic rings. The summed E-state index contributed by atoms with van der Waals surface area (Å²) in [7, 11) is 1.69. The minimum Gasteiger partial charge on any atom is -0.480 e. The lowest BCUT2D eigenvalue weighted by Gasteiger charge is -2.22. The molecule has 0 amide bonds. The number of carbonyl (C=O) groups is 2. The van der Waals surface area contributed by atoms with Gasteiger partial charge in [-0.2, -0.15) is 5.10 Å². The van der Waals surface area contributed by atoms with Gasteiger partial charge in [0, 0.05) is 19.7 Å². The molecule has 0 aliphatic heterocycles. The Hall–Kier alpha value is -1.85. The van der Waals surface area contributed by atoms with Crippen LogP contribution in [-0.2, 0) is 23.1 Å². The van der Waals surface area contributed by atoms with E-state index in [1.54, 1.807) is 20.2 Å². The molecule has 0 bridgehead atoms. The maximum absolute atomic E-state index is 11.1. The van der Waals surface area contributed by atoms with Crippen LogP contribution in [0, 0.1) is 5.41 Å². The third-order valence-corrected chi connectivity index (χ3v) is 2.69. The molecule has 0 radical (unpaired) electrons. The molecule has 88 valence electrons. The summed E-state index contributed by atoms with van der Waals surface area (Å²) in [4.78, 5) is 22.2. The van der Waals surface area contributed by atoms with Crippen molar-refractivity contribution in [1.82, 2.24) is 9.78 Å². The first-order valence-corrected chi connectivity index (χ1v) is 4.86. The molecule has 1 rings (SSSR count). The third-order valence-electron chi connectivity index (χ3n) is 2.69. The van der Waals surface area contributed by atoms with Crippen molar-refractivity contribution < 1.29 is 19.8 Å². The van der Waals surface area contributed by atoms with Crippen LogP contribution in [0.15, 0.2) is 12.4 Å². The molecule has 0 unspecified atom stereocenters. The Labute approximate surface area is 92.5 Å². The van der Waals surface area contributed by atoms with Crippen LogP contribution in [0.4, 0.5) is 0 Å². The predicted molar refractivity (Wildman–Crippen MR) is 54.9 cm³/mol. The van der Waals surface area contributed by atoms with Gasteiger partial charge in [0.1, 0.15) is 0 Å². The second-order valence-corrected chi connectivity index (χ2v) is 3.74. The standard InChI is InChI=1S/C10H14N2O4/c1-3-10(8(13)14,9(15)16)4-7-5-11-12(2)6-7/h5-6H,3-4H2,1-2H3,(H,13,14)(H,15,16). The minimum absolute atomic E-state index is 0.0343. The molecule has 6 heteroatoms. The first-order chi connectivity index (χ1) is 7.42. The topological polar surface area (TPSA) is 92.4 Å². The highest BCUT2D eigenvalue weighted by molar-refractivity contribution is 5.98. The van der Waals surface area contributed by atoms with E-state index in [0.717, 1.165) is 0 Å². The largest absolute Gasteiger partial charge is 0.480 e. The van der Waals surface area contributed by atoms with Crippen LogP contribution in [0.1, 0.15) is 18.9 Å². The van der Waals surface area contributed by atoms with E-state index in [1.807, 2.05) is 0 Å². The molecule has 0 saturated heterocycles. The zero-order valence-corrected chi connectivity index (χ0v) is 9.17. The molecular formula is C10H14N2O4. The number of hydrogen-bond donors (Lipinski definition) is 2. The van der Waals surface area contributed by atoms with E-state index in [9.17, 15) is 9.59 Å². The van der Waals surface area contributed by atoms with Crippen molar-refractivity contribution >= 4 is 11.9 Å². The summed E-state index contributed by atoms with van der Waals surface area (Å²) in [6, 6.07) is 0. The quantitative estimate of drug-likeness (QED) is 0.714. The van der Waals surface area contributed by atoms with Crippen LogP contribution in [-0.4, -0.2) is 31.9 Å². The maximum atomic E-state index is 11.1. The van der Waals surface area contributed by atoms with E-state index >= 15 is 0 Å².